The molecule has 2 fully saturated rings. The maximum atomic E-state index is 6.34. The van der Waals surface area contributed by atoms with Crippen molar-refractivity contribution in [2.45, 2.75) is 44.7 Å². The highest BCUT2D eigenvalue weighted by molar-refractivity contribution is 6.32. The fourth-order valence-electron chi connectivity index (χ4n) is 4.49. The summed E-state index contributed by atoms with van der Waals surface area (Å²) >= 11 is 6.34. The molecular formula is C18H20ClN7O. The Morgan fingerprint density at radius 3 is 2.81 bits per heavy atom. The van der Waals surface area contributed by atoms with Crippen LogP contribution in [0.5, 0.6) is 0 Å². The number of anilines is 1. The zero-order chi connectivity index (χ0) is 18.6. The normalized spacial score (nSPS) is 27.4. The summed E-state index contributed by atoms with van der Waals surface area (Å²) in [5.41, 5.74) is 4.95. The van der Waals surface area contributed by atoms with Crippen molar-refractivity contribution in [2.24, 2.45) is 5.92 Å². The number of fused-ring (bicyclic) bond motifs is 2. The minimum absolute atomic E-state index is 0.257. The molecule has 0 radical (unpaired) electrons. The van der Waals surface area contributed by atoms with Crippen molar-refractivity contribution in [2.75, 3.05) is 5.43 Å². The summed E-state index contributed by atoms with van der Waals surface area (Å²) < 4.78 is 5.57. The van der Waals surface area contributed by atoms with Crippen molar-refractivity contribution in [3.63, 3.8) is 0 Å². The third-order valence-electron chi connectivity index (χ3n) is 5.52. The van der Waals surface area contributed by atoms with Crippen LogP contribution in [0.4, 0.5) is 5.69 Å². The summed E-state index contributed by atoms with van der Waals surface area (Å²) in [4.78, 5) is 6.06. The lowest BCUT2D eigenvalue weighted by Crippen LogP contribution is -2.69. The average molecular weight is 386 g/mol. The molecule has 27 heavy (non-hydrogen) atoms. The number of benzene rings is 1. The Kier molecular flexibility index (Phi) is 3.73. The number of aryl methyl sites for hydroxylation is 1. The van der Waals surface area contributed by atoms with E-state index in [1.54, 1.807) is 12.4 Å². The van der Waals surface area contributed by atoms with Crippen LogP contribution in [0.3, 0.4) is 0 Å². The topological polar surface area (TPSA) is 84.9 Å². The summed E-state index contributed by atoms with van der Waals surface area (Å²) in [7, 11) is 0. The predicted molar refractivity (Wildman–Crippen MR) is 99.3 cm³/mol. The maximum absolute atomic E-state index is 6.34. The number of halogens is 1. The number of hydrazine groups is 1. The highest BCUT2D eigenvalue weighted by Crippen LogP contribution is 2.55. The first kappa shape index (κ1) is 16.7. The molecule has 3 heterocycles. The van der Waals surface area contributed by atoms with Gasteiger partial charge in [0.05, 0.1) is 23.1 Å². The van der Waals surface area contributed by atoms with Gasteiger partial charge in [-0.05, 0) is 50.3 Å². The number of aromatic nitrogens is 5. The third kappa shape index (κ3) is 2.62. The Morgan fingerprint density at radius 1 is 1.26 bits per heavy atom. The molecule has 2 bridgehead atoms. The highest BCUT2D eigenvalue weighted by Gasteiger charge is 2.60. The Balaban J connectivity index is 1.47. The maximum Gasteiger partial charge on any atom is 0.249 e. The van der Waals surface area contributed by atoms with Gasteiger partial charge in [-0.1, -0.05) is 23.7 Å². The van der Waals surface area contributed by atoms with E-state index in [9.17, 15) is 0 Å². The molecule has 2 aromatic heterocycles. The van der Waals surface area contributed by atoms with E-state index >= 15 is 0 Å². The molecule has 2 aliphatic rings. The Labute approximate surface area is 161 Å². The number of rotatable bonds is 4. The van der Waals surface area contributed by atoms with Crippen LogP contribution in [0.25, 0.3) is 5.69 Å². The minimum atomic E-state index is -0.257. The van der Waals surface area contributed by atoms with Gasteiger partial charge in [0, 0.05) is 6.04 Å². The number of piperidine rings is 1. The number of nitrogens with zero attached hydrogens (tertiary/aromatic N) is 6. The van der Waals surface area contributed by atoms with Gasteiger partial charge in [-0.25, -0.2) is 5.01 Å². The van der Waals surface area contributed by atoms with Crippen molar-refractivity contribution in [3.05, 3.63) is 47.3 Å². The lowest BCUT2D eigenvalue weighted by molar-refractivity contribution is -0.134. The van der Waals surface area contributed by atoms with E-state index < -0.39 is 0 Å². The number of nitrogens with one attached hydrogen (secondary N) is 1. The molecule has 1 aromatic carbocycles. The van der Waals surface area contributed by atoms with E-state index in [-0.39, 0.29) is 5.54 Å². The van der Waals surface area contributed by atoms with Crippen LogP contribution in [0, 0.1) is 12.8 Å². The summed E-state index contributed by atoms with van der Waals surface area (Å²) in [5, 5.41) is 15.2. The van der Waals surface area contributed by atoms with Crippen LogP contribution in [-0.2, 0) is 5.54 Å². The second-order valence-corrected chi connectivity index (χ2v) is 7.95. The average Bonchev–Trinajstić information content (AvgIpc) is 3.32. The molecule has 8 nitrogen and oxygen atoms in total. The molecule has 3 aromatic rings. The molecule has 1 saturated carbocycles. The van der Waals surface area contributed by atoms with Crippen LogP contribution in [0.2, 0.25) is 5.02 Å². The first-order valence-corrected chi connectivity index (χ1v) is 9.46. The summed E-state index contributed by atoms with van der Waals surface area (Å²) in [6.07, 6.45) is 6.41. The summed E-state index contributed by atoms with van der Waals surface area (Å²) in [6.45, 7) is 4.14. The fraction of sp³-hybridized carbons (Fsp3) is 0.444. The summed E-state index contributed by atoms with van der Waals surface area (Å²) in [6, 6.07) is 6.19. The zero-order valence-electron chi connectivity index (χ0n) is 15.1. The monoisotopic (exact) mass is 385 g/mol. The molecule has 0 amide bonds. The Morgan fingerprint density at radius 2 is 2.07 bits per heavy atom. The largest absolute Gasteiger partial charge is 0.337 e. The molecule has 5 rings (SSSR count). The van der Waals surface area contributed by atoms with Gasteiger partial charge in [0.2, 0.25) is 5.89 Å². The predicted octanol–water partition coefficient (Wildman–Crippen LogP) is 3.34. The van der Waals surface area contributed by atoms with Crippen molar-refractivity contribution < 1.29 is 4.52 Å². The molecule has 1 aliphatic heterocycles. The molecular weight excluding hydrogens is 366 g/mol. The molecule has 0 spiro atoms. The zero-order valence-corrected chi connectivity index (χ0v) is 15.9. The SMILES string of the molecule is Cc1noc(C23CC(C)CC(C2)N3Nc2ccc(Cl)c(-n3nccn3)c2)n1. The van der Waals surface area contributed by atoms with Crippen LogP contribution >= 0.6 is 11.6 Å². The smallest absolute Gasteiger partial charge is 0.249 e. The van der Waals surface area contributed by atoms with E-state index in [1.807, 2.05) is 25.1 Å². The lowest BCUT2D eigenvalue weighted by Gasteiger charge is -2.61. The molecule has 140 valence electrons. The molecule has 1 aliphatic carbocycles. The van der Waals surface area contributed by atoms with Crippen molar-refractivity contribution in [1.82, 2.24) is 30.1 Å². The van der Waals surface area contributed by atoms with Crippen molar-refractivity contribution in [3.8, 4) is 5.69 Å². The highest BCUT2D eigenvalue weighted by atomic mass is 35.5. The van der Waals surface area contributed by atoms with E-state index in [1.165, 1.54) is 4.80 Å². The molecule has 1 saturated heterocycles. The summed E-state index contributed by atoms with van der Waals surface area (Å²) in [5.74, 6) is 1.97. The van der Waals surface area contributed by atoms with Crippen LogP contribution in [0.15, 0.2) is 35.1 Å². The van der Waals surface area contributed by atoms with E-state index in [0.29, 0.717) is 28.7 Å². The van der Waals surface area contributed by atoms with Crippen LogP contribution < -0.4 is 5.43 Å². The number of hydrogen-bond donors (Lipinski definition) is 1. The van der Waals surface area contributed by atoms with E-state index in [2.05, 4.69) is 37.7 Å². The van der Waals surface area contributed by atoms with Gasteiger partial charge in [0.15, 0.2) is 5.82 Å². The van der Waals surface area contributed by atoms with Crippen LogP contribution in [-0.4, -0.2) is 36.2 Å². The van der Waals surface area contributed by atoms with Gasteiger partial charge in [0.1, 0.15) is 11.2 Å². The van der Waals surface area contributed by atoms with Crippen molar-refractivity contribution in [1.29, 1.82) is 0 Å². The first-order chi connectivity index (χ1) is 13.0. The quantitative estimate of drug-likeness (QED) is 0.737. The van der Waals surface area contributed by atoms with E-state index in [4.69, 9.17) is 16.1 Å². The number of hydrogen-bond acceptors (Lipinski definition) is 7. The molecule has 1 N–H and O–H groups in total. The fourth-order valence-corrected chi connectivity index (χ4v) is 4.68. The first-order valence-electron chi connectivity index (χ1n) is 9.08. The Bertz CT molecular complexity index is 972. The van der Waals surface area contributed by atoms with Crippen LogP contribution in [0.1, 0.15) is 37.9 Å². The van der Waals surface area contributed by atoms with Gasteiger partial charge in [-0.15, -0.1) is 0 Å². The second kappa shape index (κ2) is 6.03. The van der Waals surface area contributed by atoms with Gasteiger partial charge in [-0.2, -0.15) is 20.0 Å². The Hall–Kier alpha value is -2.45. The molecule has 3 unspecified atom stereocenters. The van der Waals surface area contributed by atoms with E-state index in [0.717, 1.165) is 30.6 Å². The molecule has 9 heteroatoms. The second-order valence-electron chi connectivity index (χ2n) is 7.55. The third-order valence-corrected chi connectivity index (χ3v) is 5.84. The minimum Gasteiger partial charge on any atom is -0.337 e. The standard InChI is InChI=1S/C18H20ClN7O/c1-11-7-14-10-18(9-11,17-22-12(2)24-27-17)25(14)23-13-3-4-15(19)16(8-13)26-20-5-6-21-26/h3-6,8,11,14,23H,7,9-10H2,1-2H3. The van der Waals surface area contributed by atoms with Gasteiger partial charge in [-0.3, -0.25) is 0 Å². The lowest BCUT2D eigenvalue weighted by atomic mass is 9.65. The van der Waals surface area contributed by atoms with Gasteiger partial charge >= 0.3 is 0 Å². The van der Waals surface area contributed by atoms with Gasteiger partial charge < -0.3 is 9.95 Å². The van der Waals surface area contributed by atoms with Gasteiger partial charge in [0.25, 0.3) is 0 Å². The van der Waals surface area contributed by atoms with Crippen molar-refractivity contribution >= 4 is 17.3 Å². The molecule has 3 atom stereocenters.